The number of aromatic nitrogens is 1. The first kappa shape index (κ1) is 18.4. The number of hydrogen-bond donors (Lipinski definition) is 0. The van der Waals surface area contributed by atoms with E-state index in [2.05, 4.69) is 4.98 Å². The molecule has 1 unspecified atom stereocenters. The van der Waals surface area contributed by atoms with Crippen LogP contribution in [0.3, 0.4) is 0 Å². The van der Waals surface area contributed by atoms with Crippen molar-refractivity contribution in [3.05, 3.63) is 71.8 Å². The van der Waals surface area contributed by atoms with Crippen molar-refractivity contribution in [2.75, 3.05) is 38.7 Å². The average molecular weight is 379 g/mol. The standard InChI is InChI=1S/C22H22FN3O2/c1-25(2)19-7-4-15(5-8-19)22(27)26-9-10-28-21(14-26)20-12-17-11-18(23)6-3-16(17)13-24-20/h3-8,11-13,21H,9-10,14H2,1-2H3. The molecule has 6 heteroatoms. The molecular formula is C22H22FN3O2. The Morgan fingerprint density at radius 1 is 1.14 bits per heavy atom. The van der Waals surface area contributed by atoms with Crippen LogP contribution >= 0.6 is 0 Å². The molecule has 4 rings (SSSR count). The van der Waals surface area contributed by atoms with E-state index in [1.54, 1.807) is 17.2 Å². The van der Waals surface area contributed by atoms with Crippen LogP contribution in [-0.4, -0.2) is 49.6 Å². The lowest BCUT2D eigenvalue weighted by Crippen LogP contribution is -2.42. The third-order valence-corrected chi connectivity index (χ3v) is 5.02. The number of rotatable bonds is 3. The van der Waals surface area contributed by atoms with Gasteiger partial charge in [0.15, 0.2) is 0 Å². The van der Waals surface area contributed by atoms with Gasteiger partial charge in [-0.25, -0.2) is 4.39 Å². The zero-order valence-electron chi connectivity index (χ0n) is 15.9. The predicted octanol–water partition coefficient (Wildman–Crippen LogP) is 3.65. The number of benzene rings is 2. The van der Waals surface area contributed by atoms with Gasteiger partial charge in [-0.2, -0.15) is 0 Å². The highest BCUT2D eigenvalue weighted by Crippen LogP contribution is 2.25. The minimum absolute atomic E-state index is 0.0227. The molecule has 1 aliphatic rings. The predicted molar refractivity (Wildman–Crippen MR) is 107 cm³/mol. The van der Waals surface area contributed by atoms with Crippen LogP contribution in [0.1, 0.15) is 22.2 Å². The van der Waals surface area contributed by atoms with Crippen LogP contribution in [0.5, 0.6) is 0 Å². The van der Waals surface area contributed by atoms with Gasteiger partial charge in [0.2, 0.25) is 0 Å². The molecule has 0 N–H and O–H groups in total. The van der Waals surface area contributed by atoms with Crippen LogP contribution in [-0.2, 0) is 4.74 Å². The summed E-state index contributed by atoms with van der Waals surface area (Å²) < 4.78 is 19.4. The number of ether oxygens (including phenoxy) is 1. The lowest BCUT2D eigenvalue weighted by atomic mass is 10.1. The van der Waals surface area contributed by atoms with Gasteiger partial charge in [-0.1, -0.05) is 0 Å². The summed E-state index contributed by atoms with van der Waals surface area (Å²) in [6, 6.07) is 14.0. The summed E-state index contributed by atoms with van der Waals surface area (Å²) in [5.74, 6) is -0.308. The maximum atomic E-state index is 13.5. The van der Waals surface area contributed by atoms with Crippen molar-refractivity contribution in [2.45, 2.75) is 6.10 Å². The van der Waals surface area contributed by atoms with Gasteiger partial charge in [0.25, 0.3) is 5.91 Å². The minimum atomic E-state index is -0.327. The number of halogens is 1. The molecule has 1 amide bonds. The quantitative estimate of drug-likeness (QED) is 0.697. The molecule has 2 heterocycles. The topological polar surface area (TPSA) is 45.7 Å². The number of anilines is 1. The summed E-state index contributed by atoms with van der Waals surface area (Å²) in [5, 5.41) is 1.64. The first-order valence-corrected chi connectivity index (χ1v) is 9.25. The van der Waals surface area contributed by atoms with Crippen LogP contribution in [0.4, 0.5) is 10.1 Å². The first-order valence-electron chi connectivity index (χ1n) is 9.25. The Hall–Kier alpha value is -2.99. The molecule has 0 saturated carbocycles. The van der Waals surface area contributed by atoms with Gasteiger partial charge in [0.1, 0.15) is 11.9 Å². The van der Waals surface area contributed by atoms with E-state index >= 15 is 0 Å². The molecule has 0 bridgehead atoms. The number of carbonyl (C=O) groups excluding carboxylic acids is 1. The van der Waals surface area contributed by atoms with Crippen molar-refractivity contribution in [3.8, 4) is 0 Å². The van der Waals surface area contributed by atoms with E-state index < -0.39 is 0 Å². The third kappa shape index (κ3) is 3.68. The second-order valence-corrected chi connectivity index (χ2v) is 7.15. The molecule has 1 aromatic heterocycles. The summed E-state index contributed by atoms with van der Waals surface area (Å²) in [5.41, 5.74) is 2.40. The highest BCUT2D eigenvalue weighted by molar-refractivity contribution is 5.94. The molecule has 144 valence electrons. The zero-order chi connectivity index (χ0) is 19.7. The number of carbonyl (C=O) groups is 1. The molecule has 5 nitrogen and oxygen atoms in total. The molecule has 1 saturated heterocycles. The van der Waals surface area contributed by atoms with Crippen LogP contribution in [0.2, 0.25) is 0 Å². The van der Waals surface area contributed by atoms with Crippen molar-refractivity contribution in [1.82, 2.24) is 9.88 Å². The Kier molecular flexibility index (Phi) is 4.96. The molecule has 1 atom stereocenters. The number of pyridine rings is 1. The number of morpholine rings is 1. The van der Waals surface area contributed by atoms with E-state index in [1.165, 1.54) is 12.1 Å². The van der Waals surface area contributed by atoms with E-state index in [1.807, 2.05) is 49.3 Å². The molecule has 1 aliphatic heterocycles. The maximum Gasteiger partial charge on any atom is 0.254 e. The van der Waals surface area contributed by atoms with Crippen LogP contribution < -0.4 is 4.90 Å². The lowest BCUT2D eigenvalue weighted by Gasteiger charge is -2.33. The number of nitrogens with zero attached hydrogens (tertiary/aromatic N) is 3. The first-order chi connectivity index (χ1) is 13.5. The monoisotopic (exact) mass is 379 g/mol. The van der Waals surface area contributed by atoms with Crippen molar-refractivity contribution in [1.29, 1.82) is 0 Å². The number of hydrogen-bond acceptors (Lipinski definition) is 4. The Morgan fingerprint density at radius 2 is 1.93 bits per heavy atom. The molecule has 2 aromatic carbocycles. The fourth-order valence-electron chi connectivity index (χ4n) is 3.40. The Bertz CT molecular complexity index is 1000. The van der Waals surface area contributed by atoms with Gasteiger partial charge in [0.05, 0.1) is 18.8 Å². The molecule has 3 aromatic rings. The third-order valence-electron chi connectivity index (χ3n) is 5.02. The summed E-state index contributed by atoms with van der Waals surface area (Å²) in [4.78, 5) is 21.1. The molecule has 0 aliphatic carbocycles. The second kappa shape index (κ2) is 7.56. The SMILES string of the molecule is CN(C)c1ccc(C(=O)N2CCOC(c3cc4cc(F)ccc4cn3)C2)cc1. The highest BCUT2D eigenvalue weighted by Gasteiger charge is 2.27. The fraction of sp³-hybridized carbons (Fsp3) is 0.273. The van der Waals surface area contributed by atoms with Crippen molar-refractivity contribution in [2.24, 2.45) is 0 Å². The fourth-order valence-corrected chi connectivity index (χ4v) is 3.40. The number of fused-ring (bicyclic) bond motifs is 1. The smallest absolute Gasteiger partial charge is 0.254 e. The van der Waals surface area contributed by atoms with E-state index in [-0.39, 0.29) is 17.8 Å². The minimum Gasteiger partial charge on any atom is -0.378 e. The number of amides is 1. The van der Waals surface area contributed by atoms with Crippen molar-refractivity contribution >= 4 is 22.4 Å². The van der Waals surface area contributed by atoms with Crippen LogP contribution in [0, 0.1) is 5.82 Å². The Morgan fingerprint density at radius 3 is 2.68 bits per heavy atom. The van der Waals surface area contributed by atoms with Gasteiger partial charge in [-0.15, -0.1) is 0 Å². The molecule has 0 radical (unpaired) electrons. The maximum absolute atomic E-state index is 13.5. The van der Waals surface area contributed by atoms with E-state index in [0.717, 1.165) is 16.5 Å². The van der Waals surface area contributed by atoms with Gasteiger partial charge in [-0.05, 0) is 53.9 Å². The summed E-state index contributed by atoms with van der Waals surface area (Å²) in [6.45, 7) is 1.39. The highest BCUT2D eigenvalue weighted by atomic mass is 19.1. The van der Waals surface area contributed by atoms with E-state index in [0.29, 0.717) is 31.0 Å². The summed E-state index contributed by atoms with van der Waals surface area (Å²) in [7, 11) is 3.93. The van der Waals surface area contributed by atoms with Gasteiger partial charge in [0, 0.05) is 43.5 Å². The molecular weight excluding hydrogens is 357 g/mol. The van der Waals surface area contributed by atoms with Crippen molar-refractivity contribution in [3.63, 3.8) is 0 Å². The average Bonchev–Trinajstić information content (AvgIpc) is 2.73. The zero-order valence-corrected chi connectivity index (χ0v) is 15.9. The van der Waals surface area contributed by atoms with Crippen LogP contribution in [0.25, 0.3) is 10.8 Å². The van der Waals surface area contributed by atoms with E-state index in [9.17, 15) is 9.18 Å². The second-order valence-electron chi connectivity index (χ2n) is 7.15. The molecule has 28 heavy (non-hydrogen) atoms. The Balaban J connectivity index is 1.53. The van der Waals surface area contributed by atoms with Crippen LogP contribution in [0.15, 0.2) is 54.7 Å². The summed E-state index contributed by atoms with van der Waals surface area (Å²) in [6.07, 6.45) is 1.39. The molecule has 1 fully saturated rings. The molecule has 0 spiro atoms. The lowest BCUT2D eigenvalue weighted by molar-refractivity contribution is -0.0246. The van der Waals surface area contributed by atoms with Crippen molar-refractivity contribution < 1.29 is 13.9 Å². The Labute approximate surface area is 163 Å². The van der Waals surface area contributed by atoms with Gasteiger partial charge < -0.3 is 14.5 Å². The summed E-state index contributed by atoms with van der Waals surface area (Å²) >= 11 is 0. The van der Waals surface area contributed by atoms with Gasteiger partial charge in [-0.3, -0.25) is 9.78 Å². The van der Waals surface area contributed by atoms with E-state index in [4.69, 9.17) is 4.74 Å². The normalized spacial score (nSPS) is 17.0. The largest absolute Gasteiger partial charge is 0.378 e. The van der Waals surface area contributed by atoms with Gasteiger partial charge >= 0.3 is 0 Å².